The Morgan fingerprint density at radius 2 is 1.63 bits per heavy atom. The van der Waals surface area contributed by atoms with Crippen LogP contribution in [0.3, 0.4) is 0 Å². The summed E-state index contributed by atoms with van der Waals surface area (Å²) < 4.78 is 21.6. The highest BCUT2D eigenvalue weighted by Crippen LogP contribution is 2.23. The molecule has 0 heterocycles. The Morgan fingerprint density at radius 1 is 1.05 bits per heavy atom. The number of ether oxygens (including phenoxy) is 1. The molecule has 0 saturated heterocycles. The molecule has 1 unspecified atom stereocenters. The molecule has 0 spiro atoms. The van der Waals surface area contributed by atoms with Gasteiger partial charge in [0.1, 0.15) is 0 Å². The summed E-state index contributed by atoms with van der Waals surface area (Å²) in [5.74, 6) is 0.541. The van der Waals surface area contributed by atoms with Gasteiger partial charge in [0.2, 0.25) is 0 Å². The van der Waals surface area contributed by atoms with Crippen LogP contribution in [-0.4, -0.2) is 41.8 Å². The molecule has 114 valence electrons. The van der Waals surface area contributed by atoms with Crippen molar-refractivity contribution in [1.29, 1.82) is 0 Å². The minimum absolute atomic E-state index is 0.541. The predicted octanol–water partition coefficient (Wildman–Crippen LogP) is 3.42. The normalized spacial score (nSPS) is 13.3. The molecule has 1 atom stereocenters. The van der Waals surface area contributed by atoms with Crippen molar-refractivity contribution in [3.05, 3.63) is 0 Å². The Balaban J connectivity index is 3.74. The van der Waals surface area contributed by atoms with E-state index in [0.717, 1.165) is 31.9 Å². The topological polar surface area (TPSA) is 36.9 Å². The average Bonchev–Trinajstić information content (AvgIpc) is 2.40. The van der Waals surface area contributed by atoms with Crippen molar-refractivity contribution in [1.82, 2.24) is 0 Å². The van der Waals surface area contributed by atoms with Gasteiger partial charge >= 0.3 is 8.80 Å². The lowest BCUT2D eigenvalue weighted by Gasteiger charge is -2.27. The Bertz CT molecular complexity index is 239. The first kappa shape index (κ1) is 19.0. The molecule has 0 amide bonds. The highest BCUT2D eigenvalue weighted by Gasteiger charge is 2.39. The molecular weight excluding hydrogens is 280 g/mol. The van der Waals surface area contributed by atoms with Gasteiger partial charge in [-0.05, 0) is 24.6 Å². The zero-order valence-electron chi connectivity index (χ0n) is 12.9. The summed E-state index contributed by atoms with van der Waals surface area (Å²) in [6.45, 7) is 4.76. The van der Waals surface area contributed by atoms with Gasteiger partial charge in [0, 0.05) is 34.3 Å². The smallest absolute Gasteiger partial charge is 0.487 e. The van der Waals surface area contributed by atoms with Crippen molar-refractivity contribution in [2.45, 2.75) is 45.6 Å². The third-order valence-electron chi connectivity index (χ3n) is 3.18. The molecule has 0 aliphatic carbocycles. The molecule has 0 bridgehead atoms. The van der Waals surface area contributed by atoms with E-state index in [9.17, 15) is 0 Å². The Labute approximate surface area is 124 Å². The van der Waals surface area contributed by atoms with Gasteiger partial charge in [0.05, 0.1) is 6.61 Å². The summed E-state index contributed by atoms with van der Waals surface area (Å²) in [6, 6.07) is 0.867. The van der Waals surface area contributed by atoms with E-state index < -0.39 is 8.80 Å². The molecule has 0 aromatic rings. The van der Waals surface area contributed by atoms with Crippen molar-refractivity contribution in [3.63, 3.8) is 0 Å². The van der Waals surface area contributed by atoms with Crippen molar-refractivity contribution in [2.75, 3.05) is 27.9 Å². The molecule has 0 fully saturated rings. The van der Waals surface area contributed by atoms with E-state index in [-0.39, 0.29) is 0 Å². The van der Waals surface area contributed by atoms with Crippen LogP contribution < -0.4 is 0 Å². The van der Waals surface area contributed by atoms with E-state index in [1.54, 1.807) is 21.3 Å². The van der Waals surface area contributed by atoms with Gasteiger partial charge in [-0.25, -0.2) is 0 Å². The molecule has 0 aromatic carbocycles. The molecule has 6 heteroatoms. The van der Waals surface area contributed by atoms with Crippen LogP contribution in [0.25, 0.3) is 0 Å². The SMILES string of the molecule is CO[Si](CC(C)CCCCCOC(C)=S)(OC)OC. The van der Waals surface area contributed by atoms with Crippen LogP contribution in [0.1, 0.15) is 39.5 Å². The molecule has 19 heavy (non-hydrogen) atoms. The molecule has 0 aliphatic rings. The lowest BCUT2D eigenvalue weighted by Crippen LogP contribution is -2.44. The summed E-state index contributed by atoms with van der Waals surface area (Å²) >= 11 is 4.86. The average molecular weight is 309 g/mol. The Hall–Kier alpha value is -0.0131. The molecule has 0 radical (unpaired) electrons. The van der Waals surface area contributed by atoms with Crippen LogP contribution >= 0.6 is 12.2 Å². The minimum Gasteiger partial charge on any atom is -0.487 e. The predicted molar refractivity (Wildman–Crippen MR) is 83.4 cm³/mol. The van der Waals surface area contributed by atoms with Crippen molar-refractivity contribution in [2.24, 2.45) is 5.92 Å². The standard InChI is InChI=1S/C13H28O4SSi/c1-12(11-19(14-3,15-4)16-5)9-7-6-8-10-17-13(2)18/h12H,6-11H2,1-5H3. The maximum absolute atomic E-state index is 5.44. The molecule has 4 nitrogen and oxygen atoms in total. The van der Waals surface area contributed by atoms with E-state index in [1.807, 2.05) is 6.92 Å². The largest absolute Gasteiger partial charge is 0.500 e. The molecular formula is C13H28O4SSi. The Kier molecular flexibility index (Phi) is 10.7. The number of thiocarbonyl (C=S) groups is 1. The van der Waals surface area contributed by atoms with Crippen molar-refractivity contribution >= 4 is 26.1 Å². The summed E-state index contributed by atoms with van der Waals surface area (Å²) in [5, 5.41) is 0.629. The first-order valence-corrected chi connectivity index (χ1v) is 9.12. The van der Waals surface area contributed by atoms with Gasteiger partial charge in [-0.1, -0.05) is 26.2 Å². The number of hydrogen-bond acceptors (Lipinski definition) is 5. The third kappa shape index (κ3) is 8.70. The third-order valence-corrected chi connectivity index (χ3v) is 6.36. The highest BCUT2D eigenvalue weighted by molar-refractivity contribution is 7.80. The second-order valence-corrected chi connectivity index (χ2v) is 8.37. The van der Waals surface area contributed by atoms with Gasteiger partial charge in [-0.15, -0.1) is 0 Å². The fourth-order valence-electron chi connectivity index (χ4n) is 2.02. The van der Waals surface area contributed by atoms with Gasteiger partial charge in [-0.2, -0.15) is 0 Å². The van der Waals surface area contributed by atoms with E-state index in [2.05, 4.69) is 6.92 Å². The van der Waals surface area contributed by atoms with Crippen molar-refractivity contribution in [3.8, 4) is 0 Å². The molecule has 0 saturated carbocycles. The van der Waals surface area contributed by atoms with Crippen LogP contribution in [0, 0.1) is 5.92 Å². The number of rotatable bonds is 11. The zero-order valence-corrected chi connectivity index (χ0v) is 14.7. The van der Waals surface area contributed by atoms with Crippen molar-refractivity contribution < 1.29 is 18.0 Å². The second-order valence-electron chi connectivity index (χ2n) is 4.79. The summed E-state index contributed by atoms with van der Waals surface area (Å²) in [6.07, 6.45) is 4.56. The van der Waals surface area contributed by atoms with E-state index in [1.165, 1.54) is 6.42 Å². The first-order valence-electron chi connectivity index (χ1n) is 6.78. The maximum Gasteiger partial charge on any atom is 0.500 e. The van der Waals surface area contributed by atoms with Crippen LogP contribution in [0.2, 0.25) is 6.04 Å². The fraction of sp³-hybridized carbons (Fsp3) is 0.923. The van der Waals surface area contributed by atoms with E-state index in [4.69, 9.17) is 30.2 Å². The minimum atomic E-state index is -2.41. The molecule has 0 aliphatic heterocycles. The summed E-state index contributed by atoms with van der Waals surface area (Å²) in [5.41, 5.74) is 0. The van der Waals surface area contributed by atoms with E-state index >= 15 is 0 Å². The quantitative estimate of drug-likeness (QED) is 0.332. The van der Waals surface area contributed by atoms with Crippen LogP contribution in [-0.2, 0) is 18.0 Å². The lowest BCUT2D eigenvalue weighted by atomic mass is 10.1. The van der Waals surface area contributed by atoms with Gasteiger partial charge in [0.25, 0.3) is 0 Å². The molecule has 0 N–H and O–H groups in total. The molecule has 0 rings (SSSR count). The van der Waals surface area contributed by atoms with Crippen LogP contribution in [0.4, 0.5) is 0 Å². The fourth-order valence-corrected chi connectivity index (χ4v) is 4.16. The lowest BCUT2D eigenvalue weighted by molar-refractivity contribution is 0.118. The number of hydrogen-bond donors (Lipinski definition) is 0. The summed E-state index contributed by atoms with van der Waals surface area (Å²) in [4.78, 5) is 0. The van der Waals surface area contributed by atoms with Gasteiger partial charge < -0.3 is 18.0 Å². The molecule has 0 aromatic heterocycles. The second kappa shape index (κ2) is 10.7. The first-order chi connectivity index (χ1) is 8.99. The van der Waals surface area contributed by atoms with Crippen LogP contribution in [0.15, 0.2) is 0 Å². The van der Waals surface area contributed by atoms with E-state index in [0.29, 0.717) is 11.0 Å². The maximum atomic E-state index is 5.44. The Morgan fingerprint density at radius 3 is 2.11 bits per heavy atom. The monoisotopic (exact) mass is 308 g/mol. The zero-order chi connectivity index (χ0) is 14.7. The highest BCUT2D eigenvalue weighted by atomic mass is 32.1. The number of unbranched alkanes of at least 4 members (excludes halogenated alkanes) is 2. The summed E-state index contributed by atoms with van der Waals surface area (Å²) in [7, 11) is 2.58. The van der Waals surface area contributed by atoms with Gasteiger partial charge in [0.15, 0.2) is 5.05 Å². The van der Waals surface area contributed by atoms with Gasteiger partial charge in [-0.3, -0.25) is 0 Å². The van der Waals surface area contributed by atoms with Crippen LogP contribution in [0.5, 0.6) is 0 Å².